The zero-order valence-electron chi connectivity index (χ0n) is 13.2. The number of carbonyl (C=O) groups excluding carboxylic acids is 4. The van der Waals surface area contributed by atoms with Gasteiger partial charge in [-0.25, -0.2) is 4.79 Å². The third-order valence-electron chi connectivity index (χ3n) is 3.20. The number of ether oxygens (including phenoxy) is 1. The quantitative estimate of drug-likeness (QED) is 0.433. The molecule has 0 atom stereocenters. The zero-order valence-corrected chi connectivity index (χ0v) is 13.2. The molecule has 2 aromatic carbocycles. The van der Waals surface area contributed by atoms with Gasteiger partial charge in [0, 0.05) is 11.4 Å². The number of hydrogen-bond donors (Lipinski definition) is 3. The number of nitrogens with one attached hydrogen (secondary N) is 2. The number of imide groups is 1. The van der Waals surface area contributed by atoms with Crippen molar-refractivity contribution in [2.75, 3.05) is 18.2 Å². The molecule has 0 aliphatic heterocycles. The minimum absolute atomic E-state index is 0.0890. The van der Waals surface area contributed by atoms with Crippen LogP contribution in [0.4, 0.5) is 11.4 Å². The van der Waals surface area contributed by atoms with Crippen molar-refractivity contribution in [2.24, 2.45) is 0 Å². The van der Waals surface area contributed by atoms with Gasteiger partial charge < -0.3 is 15.8 Å². The Bertz CT molecular complexity index is 830. The highest BCUT2D eigenvalue weighted by atomic mass is 16.5. The predicted octanol–water partition coefficient (Wildman–Crippen LogP) is 0.950. The second-order valence-corrected chi connectivity index (χ2v) is 4.89. The minimum Gasteiger partial charge on any atom is -0.465 e. The van der Waals surface area contributed by atoms with E-state index in [2.05, 4.69) is 10.1 Å². The van der Waals surface area contributed by atoms with Gasteiger partial charge in [-0.2, -0.15) is 0 Å². The number of benzene rings is 2. The number of amides is 3. The summed E-state index contributed by atoms with van der Waals surface area (Å²) in [7, 11) is 1.25. The fourth-order valence-electron chi connectivity index (χ4n) is 1.93. The summed E-state index contributed by atoms with van der Waals surface area (Å²) in [5.74, 6) is -3.47. The summed E-state index contributed by atoms with van der Waals surface area (Å²) in [5.41, 5.74) is 6.48. The lowest BCUT2D eigenvalue weighted by Crippen LogP contribution is -2.39. The van der Waals surface area contributed by atoms with E-state index < -0.39 is 23.7 Å². The summed E-state index contributed by atoms with van der Waals surface area (Å²) >= 11 is 0. The van der Waals surface area contributed by atoms with Crippen LogP contribution in [-0.2, 0) is 14.3 Å². The second-order valence-electron chi connectivity index (χ2n) is 4.89. The van der Waals surface area contributed by atoms with E-state index in [4.69, 9.17) is 5.73 Å². The number of anilines is 2. The van der Waals surface area contributed by atoms with Crippen LogP contribution in [0.3, 0.4) is 0 Å². The molecule has 3 amide bonds. The van der Waals surface area contributed by atoms with Crippen molar-refractivity contribution in [1.82, 2.24) is 5.32 Å². The Morgan fingerprint density at radius 2 is 1.56 bits per heavy atom. The van der Waals surface area contributed by atoms with Gasteiger partial charge in [0.25, 0.3) is 5.91 Å². The van der Waals surface area contributed by atoms with Crippen LogP contribution in [0.2, 0.25) is 0 Å². The van der Waals surface area contributed by atoms with E-state index in [1.54, 1.807) is 12.1 Å². The van der Waals surface area contributed by atoms with Crippen LogP contribution < -0.4 is 16.4 Å². The average molecular weight is 341 g/mol. The molecule has 0 heterocycles. The first-order valence-electron chi connectivity index (χ1n) is 7.12. The third-order valence-corrected chi connectivity index (χ3v) is 3.20. The average Bonchev–Trinajstić information content (AvgIpc) is 2.61. The molecule has 8 nitrogen and oxygen atoms in total. The van der Waals surface area contributed by atoms with Crippen LogP contribution in [0, 0.1) is 0 Å². The lowest BCUT2D eigenvalue weighted by molar-refractivity contribution is -0.135. The topological polar surface area (TPSA) is 128 Å². The highest BCUT2D eigenvalue weighted by molar-refractivity contribution is 6.42. The van der Waals surface area contributed by atoms with Gasteiger partial charge in [-0.1, -0.05) is 12.1 Å². The smallest absolute Gasteiger partial charge is 0.337 e. The van der Waals surface area contributed by atoms with Crippen molar-refractivity contribution < 1.29 is 23.9 Å². The molecule has 0 aromatic heterocycles. The maximum atomic E-state index is 11.9. The standard InChI is InChI=1S/C17H15N3O5/c1-25-17(24)10-6-8-11(9-7-10)19-15(22)16(23)20-14(21)12-4-2-3-5-13(12)18/h2-9H,18H2,1H3,(H,19,22)(H,20,21,23). The Morgan fingerprint density at radius 1 is 0.920 bits per heavy atom. The van der Waals surface area contributed by atoms with Gasteiger partial charge in [-0.15, -0.1) is 0 Å². The van der Waals surface area contributed by atoms with E-state index >= 15 is 0 Å². The Balaban J connectivity index is 1.98. The van der Waals surface area contributed by atoms with Crippen LogP contribution >= 0.6 is 0 Å². The molecule has 2 aromatic rings. The number of rotatable bonds is 3. The summed E-state index contributed by atoms with van der Waals surface area (Å²) < 4.78 is 4.55. The largest absolute Gasteiger partial charge is 0.465 e. The van der Waals surface area contributed by atoms with Gasteiger partial charge in [0.05, 0.1) is 18.2 Å². The number of para-hydroxylation sites is 1. The van der Waals surface area contributed by atoms with Crippen molar-refractivity contribution in [1.29, 1.82) is 0 Å². The first kappa shape index (κ1) is 17.7. The van der Waals surface area contributed by atoms with Crippen LogP contribution in [0.25, 0.3) is 0 Å². The van der Waals surface area contributed by atoms with E-state index in [1.807, 2.05) is 5.32 Å². The Hall–Kier alpha value is -3.68. The van der Waals surface area contributed by atoms with E-state index in [1.165, 1.54) is 43.5 Å². The molecule has 0 unspecified atom stereocenters. The normalized spacial score (nSPS) is 9.80. The maximum absolute atomic E-state index is 11.9. The molecule has 2 rings (SSSR count). The van der Waals surface area contributed by atoms with E-state index in [-0.39, 0.29) is 16.9 Å². The van der Waals surface area contributed by atoms with Crippen LogP contribution in [-0.4, -0.2) is 30.8 Å². The van der Waals surface area contributed by atoms with Crippen molar-refractivity contribution in [3.05, 3.63) is 59.7 Å². The molecular formula is C17H15N3O5. The van der Waals surface area contributed by atoms with Gasteiger partial charge in [-0.05, 0) is 36.4 Å². The van der Waals surface area contributed by atoms with Gasteiger partial charge in [-0.3, -0.25) is 19.7 Å². The number of nitrogen functional groups attached to an aromatic ring is 1. The van der Waals surface area contributed by atoms with Gasteiger partial charge in [0.1, 0.15) is 0 Å². The number of hydrogen-bond acceptors (Lipinski definition) is 6. The molecule has 0 radical (unpaired) electrons. The first-order valence-corrected chi connectivity index (χ1v) is 7.12. The first-order chi connectivity index (χ1) is 11.9. The Morgan fingerprint density at radius 3 is 2.16 bits per heavy atom. The Labute approximate surface area is 143 Å². The summed E-state index contributed by atoms with van der Waals surface area (Å²) in [6.07, 6.45) is 0. The number of nitrogens with two attached hydrogens (primary N) is 1. The van der Waals surface area contributed by atoms with Crippen LogP contribution in [0.1, 0.15) is 20.7 Å². The summed E-state index contributed by atoms with van der Waals surface area (Å²) in [5, 5.41) is 4.26. The SMILES string of the molecule is COC(=O)c1ccc(NC(=O)C(=O)NC(=O)c2ccccc2N)cc1. The van der Waals surface area contributed by atoms with E-state index in [9.17, 15) is 19.2 Å². The van der Waals surface area contributed by atoms with Crippen molar-refractivity contribution in [2.45, 2.75) is 0 Å². The fraction of sp³-hybridized carbons (Fsp3) is 0.0588. The molecule has 0 aliphatic rings. The molecule has 0 aliphatic carbocycles. The number of methoxy groups -OCH3 is 1. The molecule has 0 fully saturated rings. The molecule has 8 heteroatoms. The monoisotopic (exact) mass is 341 g/mol. The molecule has 25 heavy (non-hydrogen) atoms. The zero-order chi connectivity index (χ0) is 18.4. The summed E-state index contributed by atoms with van der Waals surface area (Å²) in [6, 6.07) is 11.9. The molecule has 0 saturated heterocycles. The summed E-state index contributed by atoms with van der Waals surface area (Å²) in [6.45, 7) is 0. The third kappa shape index (κ3) is 4.41. The van der Waals surface area contributed by atoms with Crippen LogP contribution in [0.15, 0.2) is 48.5 Å². The number of esters is 1. The van der Waals surface area contributed by atoms with Crippen molar-refractivity contribution in [3.63, 3.8) is 0 Å². The van der Waals surface area contributed by atoms with Crippen molar-refractivity contribution >= 4 is 35.1 Å². The van der Waals surface area contributed by atoms with Gasteiger partial charge >= 0.3 is 17.8 Å². The van der Waals surface area contributed by atoms with Gasteiger partial charge in [0.15, 0.2) is 0 Å². The lowest BCUT2D eigenvalue weighted by atomic mass is 10.1. The maximum Gasteiger partial charge on any atom is 0.337 e. The predicted molar refractivity (Wildman–Crippen MR) is 89.7 cm³/mol. The van der Waals surface area contributed by atoms with E-state index in [0.29, 0.717) is 5.56 Å². The Kier molecular flexibility index (Phi) is 5.47. The highest BCUT2D eigenvalue weighted by Gasteiger charge is 2.19. The molecule has 0 saturated carbocycles. The highest BCUT2D eigenvalue weighted by Crippen LogP contribution is 2.11. The summed E-state index contributed by atoms with van der Waals surface area (Å²) in [4.78, 5) is 46.9. The van der Waals surface area contributed by atoms with Crippen molar-refractivity contribution in [3.8, 4) is 0 Å². The van der Waals surface area contributed by atoms with Crippen LogP contribution in [0.5, 0.6) is 0 Å². The second kappa shape index (κ2) is 7.73. The molecule has 128 valence electrons. The number of carbonyl (C=O) groups is 4. The molecule has 0 spiro atoms. The molecule has 0 bridgehead atoms. The van der Waals surface area contributed by atoms with E-state index in [0.717, 1.165) is 0 Å². The molecular weight excluding hydrogens is 326 g/mol. The lowest BCUT2D eigenvalue weighted by Gasteiger charge is -2.07. The molecule has 4 N–H and O–H groups in total. The fourth-order valence-corrected chi connectivity index (χ4v) is 1.93. The minimum atomic E-state index is -1.13. The van der Waals surface area contributed by atoms with Gasteiger partial charge in [0.2, 0.25) is 0 Å².